The van der Waals surface area contributed by atoms with Gasteiger partial charge >= 0.3 is 14.2 Å². The highest BCUT2D eigenvalue weighted by Gasteiger charge is 2.47. The molecule has 3 atom stereocenters. The number of thiophene rings is 1. The fourth-order valence-corrected chi connectivity index (χ4v) is 8.10. The summed E-state index contributed by atoms with van der Waals surface area (Å²) in [5.74, 6) is -1.08. The van der Waals surface area contributed by atoms with Gasteiger partial charge in [0.1, 0.15) is 17.8 Å². The molecule has 3 fully saturated rings. The molecule has 0 spiro atoms. The topological polar surface area (TPSA) is 149 Å². The molecule has 3 saturated heterocycles. The number of hydrogen-bond donors (Lipinski definition) is 3. The Morgan fingerprint density at radius 1 is 1.14 bits per heavy atom. The molecule has 3 N–H and O–H groups in total. The minimum Gasteiger partial charge on any atom is -0.434 e. The summed E-state index contributed by atoms with van der Waals surface area (Å²) in [6.45, 7) is -2.37. The average molecular weight is 649 g/mol. The number of likely N-dealkylation sites (tertiary alicyclic amines) is 1. The Hall–Kier alpha value is -3.45. The molecule has 1 aromatic carbocycles. The van der Waals surface area contributed by atoms with Gasteiger partial charge in [-0.1, -0.05) is 6.07 Å². The summed E-state index contributed by atoms with van der Waals surface area (Å²) in [5, 5.41) is 3.54. The lowest BCUT2D eigenvalue weighted by Crippen LogP contribution is -2.58. The van der Waals surface area contributed by atoms with Crippen LogP contribution in [-0.4, -0.2) is 80.1 Å². The van der Waals surface area contributed by atoms with Crippen molar-refractivity contribution in [1.82, 2.24) is 20.1 Å². The van der Waals surface area contributed by atoms with Crippen LogP contribution in [-0.2, 0) is 20.3 Å². The number of ether oxygens (including phenoxy) is 1. The third-order valence-corrected chi connectivity index (χ3v) is 10.4. The molecule has 15 heteroatoms. The van der Waals surface area contributed by atoms with Gasteiger partial charge in [-0.3, -0.25) is 23.9 Å². The molecule has 11 nitrogen and oxygen atoms in total. The van der Waals surface area contributed by atoms with Crippen LogP contribution in [0.1, 0.15) is 58.8 Å². The Kier molecular flexibility index (Phi) is 8.44. The van der Waals surface area contributed by atoms with Crippen molar-refractivity contribution in [3.8, 4) is 5.75 Å². The van der Waals surface area contributed by atoms with Crippen LogP contribution in [0.25, 0.3) is 10.1 Å². The summed E-state index contributed by atoms with van der Waals surface area (Å²) in [7, 11) is -4.24. The van der Waals surface area contributed by atoms with Crippen LogP contribution in [0, 0.1) is 0 Å². The number of carbonyl (C=O) groups is 3. The molecule has 0 saturated carbocycles. The monoisotopic (exact) mass is 648 g/mol. The zero-order chi connectivity index (χ0) is 31.2. The Labute approximate surface area is 255 Å². The number of hydrogen-bond acceptors (Lipinski definition) is 7. The Morgan fingerprint density at radius 3 is 2.68 bits per heavy atom. The van der Waals surface area contributed by atoms with Crippen molar-refractivity contribution in [2.24, 2.45) is 0 Å². The van der Waals surface area contributed by atoms with Crippen molar-refractivity contribution >= 4 is 46.7 Å². The standard InChI is InChI=1S/C29H31F2N4O7PS/c30-29(31)42-23-8-9-32-12-20(23)18-13-34(14-18)28(38)22-6-5-19-2-1-3-21(27(37)35(19)22)33-26(36)25-11-17-10-16(15-43(39,40)41)4-7-24(17)44-25/h4,7-12,18-19,21-22,29H,1-3,5-6,13-15H2,(H,33,36)(H2,39,40,41)/t19-,21-,22-/m0/s1. The molecular formula is C29H31F2N4O7PS. The predicted octanol–water partition coefficient (Wildman–Crippen LogP) is 3.84. The second-order valence-electron chi connectivity index (χ2n) is 11.5. The number of aromatic nitrogens is 1. The highest BCUT2D eigenvalue weighted by molar-refractivity contribution is 7.50. The zero-order valence-corrected chi connectivity index (χ0v) is 25.2. The van der Waals surface area contributed by atoms with Gasteiger partial charge in [-0.05, 0) is 67.3 Å². The summed E-state index contributed by atoms with van der Waals surface area (Å²) >= 11 is 1.22. The maximum Gasteiger partial charge on any atom is 0.387 e. The lowest BCUT2D eigenvalue weighted by atomic mass is 9.91. The van der Waals surface area contributed by atoms with Crippen LogP contribution in [0.4, 0.5) is 8.78 Å². The normalized spacial score (nSPS) is 22.6. The molecular weight excluding hydrogens is 617 g/mol. The number of amides is 3. The smallest absolute Gasteiger partial charge is 0.387 e. The minimum absolute atomic E-state index is 0.0366. The van der Waals surface area contributed by atoms with E-state index in [4.69, 9.17) is 0 Å². The fraction of sp³-hybridized carbons (Fsp3) is 0.448. The van der Waals surface area contributed by atoms with E-state index in [1.165, 1.54) is 29.8 Å². The van der Waals surface area contributed by atoms with Crippen molar-refractivity contribution in [3.05, 3.63) is 58.7 Å². The first-order valence-electron chi connectivity index (χ1n) is 14.3. The molecule has 3 aliphatic heterocycles. The quantitative estimate of drug-likeness (QED) is 0.312. The summed E-state index contributed by atoms with van der Waals surface area (Å²) in [4.78, 5) is 66.9. The first-order chi connectivity index (χ1) is 21.0. The Balaban J connectivity index is 1.12. The van der Waals surface area contributed by atoms with Crippen LogP contribution < -0.4 is 10.1 Å². The fourth-order valence-electron chi connectivity index (χ4n) is 6.48. The summed E-state index contributed by atoms with van der Waals surface area (Å²) in [6.07, 6.45) is 5.50. The zero-order valence-electron chi connectivity index (χ0n) is 23.5. The van der Waals surface area contributed by atoms with Crippen molar-refractivity contribution in [2.75, 3.05) is 13.1 Å². The summed E-state index contributed by atoms with van der Waals surface area (Å²) in [6, 6.07) is 6.43. The molecule has 3 amide bonds. The van der Waals surface area contributed by atoms with E-state index in [2.05, 4.69) is 15.0 Å². The molecule has 0 radical (unpaired) electrons. The minimum atomic E-state index is -4.24. The van der Waals surface area contributed by atoms with Crippen LogP contribution in [0.2, 0.25) is 0 Å². The third kappa shape index (κ3) is 6.35. The second-order valence-corrected chi connectivity index (χ2v) is 14.2. The van der Waals surface area contributed by atoms with E-state index in [0.29, 0.717) is 60.2 Å². The Morgan fingerprint density at radius 2 is 1.93 bits per heavy atom. The van der Waals surface area contributed by atoms with Gasteiger partial charge in [0.2, 0.25) is 11.8 Å². The highest BCUT2D eigenvalue weighted by Crippen LogP contribution is 2.41. The summed E-state index contributed by atoms with van der Waals surface area (Å²) in [5.41, 5.74) is 0.968. The number of rotatable bonds is 8. The lowest BCUT2D eigenvalue weighted by Gasteiger charge is -2.42. The molecule has 234 valence electrons. The van der Waals surface area contributed by atoms with E-state index in [1.54, 1.807) is 34.1 Å². The van der Waals surface area contributed by atoms with E-state index in [9.17, 15) is 37.5 Å². The first kappa shape index (κ1) is 30.6. The van der Waals surface area contributed by atoms with Crippen molar-refractivity contribution in [3.63, 3.8) is 0 Å². The molecule has 0 bridgehead atoms. The van der Waals surface area contributed by atoms with E-state index < -0.39 is 38.4 Å². The SMILES string of the molecule is O=C(N[C@H]1CCC[C@H]2CC[C@@H](C(=O)N3CC(c4cnccc4OC(F)F)C3)N2C1=O)c1cc2cc(CP(=O)(O)O)ccc2s1. The number of nitrogens with zero attached hydrogens (tertiary/aromatic N) is 3. The molecule has 2 aromatic heterocycles. The number of carbonyl (C=O) groups excluding carboxylic acids is 3. The third-order valence-electron chi connectivity index (χ3n) is 8.53. The number of benzene rings is 1. The van der Waals surface area contributed by atoms with Crippen molar-refractivity contribution in [1.29, 1.82) is 0 Å². The van der Waals surface area contributed by atoms with Crippen LogP contribution >= 0.6 is 18.9 Å². The molecule has 6 rings (SSSR count). The number of nitrogens with one attached hydrogen (secondary N) is 1. The molecule has 44 heavy (non-hydrogen) atoms. The van der Waals surface area contributed by atoms with Crippen LogP contribution in [0.5, 0.6) is 5.75 Å². The molecule has 3 aliphatic rings. The van der Waals surface area contributed by atoms with Crippen molar-refractivity contribution in [2.45, 2.75) is 68.9 Å². The van der Waals surface area contributed by atoms with Gasteiger partial charge in [-0.2, -0.15) is 8.78 Å². The number of halogens is 2. The van der Waals surface area contributed by atoms with E-state index in [-0.39, 0.29) is 29.5 Å². The second kappa shape index (κ2) is 12.2. The van der Waals surface area contributed by atoms with Gasteiger partial charge in [-0.15, -0.1) is 11.3 Å². The molecule has 3 aromatic rings. The number of fused-ring (bicyclic) bond motifs is 2. The summed E-state index contributed by atoms with van der Waals surface area (Å²) < 4.78 is 42.5. The molecule has 0 aliphatic carbocycles. The maximum absolute atomic E-state index is 13.8. The Bertz CT molecular complexity index is 1640. The lowest BCUT2D eigenvalue weighted by molar-refractivity contribution is -0.148. The van der Waals surface area contributed by atoms with E-state index in [0.717, 1.165) is 11.1 Å². The average Bonchev–Trinajstić information content (AvgIpc) is 3.51. The van der Waals surface area contributed by atoms with Gasteiger partial charge in [-0.25, -0.2) is 0 Å². The molecule has 0 unspecified atom stereocenters. The van der Waals surface area contributed by atoms with Crippen LogP contribution in [0.3, 0.4) is 0 Å². The van der Waals surface area contributed by atoms with Gasteiger partial charge in [0.25, 0.3) is 5.91 Å². The van der Waals surface area contributed by atoms with Crippen molar-refractivity contribution < 1.29 is 42.3 Å². The van der Waals surface area contributed by atoms with Crippen LogP contribution in [0.15, 0.2) is 42.7 Å². The number of alkyl halides is 2. The highest BCUT2D eigenvalue weighted by atomic mass is 32.1. The predicted molar refractivity (Wildman–Crippen MR) is 157 cm³/mol. The number of pyridine rings is 1. The van der Waals surface area contributed by atoms with E-state index >= 15 is 0 Å². The largest absolute Gasteiger partial charge is 0.434 e. The molecule has 5 heterocycles. The van der Waals surface area contributed by atoms with Gasteiger partial charge in [0, 0.05) is 47.7 Å². The maximum atomic E-state index is 13.8. The first-order valence-corrected chi connectivity index (χ1v) is 17.0. The van der Waals surface area contributed by atoms with Gasteiger partial charge < -0.3 is 29.6 Å². The van der Waals surface area contributed by atoms with Gasteiger partial charge in [0.05, 0.1) is 11.0 Å². The van der Waals surface area contributed by atoms with Gasteiger partial charge in [0.15, 0.2) is 0 Å². The van der Waals surface area contributed by atoms with E-state index in [1.807, 2.05) is 0 Å².